The largest absolute Gasteiger partial charge is 0.506 e. The molecule has 0 spiro atoms. The Bertz CT molecular complexity index is 1270. The molecule has 0 aromatic carbocycles. The van der Waals surface area contributed by atoms with Crippen LogP contribution in [-0.4, -0.2) is 53.2 Å². The van der Waals surface area contributed by atoms with Crippen molar-refractivity contribution in [2.45, 2.75) is 78.6 Å². The van der Waals surface area contributed by atoms with Gasteiger partial charge in [0.15, 0.2) is 0 Å². The van der Waals surface area contributed by atoms with Gasteiger partial charge in [0.25, 0.3) is 0 Å². The van der Waals surface area contributed by atoms with E-state index in [1.165, 1.54) is 34.0 Å². The molecule has 40 heavy (non-hydrogen) atoms. The van der Waals surface area contributed by atoms with Gasteiger partial charge in [-0.15, -0.1) is 34.0 Å². The molecule has 0 radical (unpaired) electrons. The lowest BCUT2D eigenvalue weighted by atomic mass is 10.1. The number of nitrogens with one attached hydrogen (secondary N) is 1. The molecule has 0 aliphatic carbocycles. The average Bonchev–Trinajstić information content (AvgIpc) is 3.58. The van der Waals surface area contributed by atoms with Gasteiger partial charge in [-0.25, -0.2) is 19.7 Å². The van der Waals surface area contributed by atoms with E-state index in [0.717, 1.165) is 16.7 Å². The number of ether oxygens (including phenoxy) is 3. The molecule has 0 aliphatic rings. The molecule has 1 atom stereocenters. The second-order valence-electron chi connectivity index (χ2n) is 11.9. The fraction of sp³-hybridized carbons (Fsp3) is 0.556. The summed E-state index contributed by atoms with van der Waals surface area (Å²) in [5.74, 6) is 0.141. The molecule has 0 bridgehead atoms. The van der Waals surface area contributed by atoms with Gasteiger partial charge in [-0.05, 0) is 32.7 Å². The van der Waals surface area contributed by atoms with Gasteiger partial charge in [-0.3, -0.25) is 0 Å². The Morgan fingerprint density at radius 1 is 1.07 bits per heavy atom. The number of alkyl carbamates (subject to hydrolysis) is 1. The van der Waals surface area contributed by atoms with E-state index in [9.17, 15) is 9.90 Å². The van der Waals surface area contributed by atoms with Crippen molar-refractivity contribution < 1.29 is 24.1 Å². The third-order valence-corrected chi connectivity index (χ3v) is 9.69. The summed E-state index contributed by atoms with van der Waals surface area (Å²) in [7, 11) is -1.11. The van der Waals surface area contributed by atoms with Crippen LogP contribution in [0.3, 0.4) is 0 Å². The minimum absolute atomic E-state index is 0.0288. The number of aromatic nitrogens is 3. The van der Waals surface area contributed by atoms with Crippen LogP contribution in [0.25, 0.3) is 22.5 Å². The molecule has 0 fully saturated rings. The maximum absolute atomic E-state index is 12.4. The molecule has 0 saturated heterocycles. The van der Waals surface area contributed by atoms with E-state index in [1.54, 1.807) is 11.5 Å². The Labute approximate surface area is 249 Å². The molecule has 0 saturated carbocycles. The molecule has 2 N–H and O–H groups in total. The summed E-state index contributed by atoms with van der Waals surface area (Å²) < 4.78 is 16.6. The molecule has 0 unspecified atom stereocenters. The smallest absolute Gasteiger partial charge is 0.408 e. The second-order valence-corrected chi connectivity index (χ2v) is 20.1. The van der Waals surface area contributed by atoms with Crippen molar-refractivity contribution in [2.75, 3.05) is 13.4 Å². The lowest BCUT2D eigenvalue weighted by molar-refractivity contribution is -0.0581. The zero-order chi connectivity index (χ0) is 29.5. The van der Waals surface area contributed by atoms with Crippen molar-refractivity contribution in [1.29, 1.82) is 0 Å². The molecule has 220 valence electrons. The third kappa shape index (κ3) is 10.7. The van der Waals surface area contributed by atoms with Gasteiger partial charge in [0.05, 0.1) is 18.3 Å². The SMILES string of the molecule is CC(C)[C@H](NC(=O)OC(C)(C)C)c1nc(-c2nc(/C(O)=C/c3nc(COCOCC[Si](C)(C)C)cs3)cs2)cs1. The van der Waals surface area contributed by atoms with Crippen molar-refractivity contribution in [3.8, 4) is 10.7 Å². The standard InChI is InChI=1S/C27H40N4O5S3Si/c1-17(2)23(31-26(33)36-27(3,4)5)25-30-20(15-39-25)24-29-19(14-38-24)21(32)11-22-28-18(13-37-22)12-35-16-34-9-10-40(6,7)8/h11,13-15,17,23,32H,9-10,12,16H2,1-8H3,(H,31,33)/b21-11-/t23-/m0/s1. The first-order chi connectivity index (χ1) is 18.7. The molecule has 1 amide bonds. The Hall–Kier alpha value is -2.16. The second kappa shape index (κ2) is 14.1. The van der Waals surface area contributed by atoms with Crippen molar-refractivity contribution in [2.24, 2.45) is 5.92 Å². The fourth-order valence-corrected chi connectivity index (χ4v) is 6.63. The van der Waals surface area contributed by atoms with Gasteiger partial charge in [-0.2, -0.15) is 0 Å². The third-order valence-electron chi connectivity index (χ3n) is 5.36. The minimum atomic E-state index is -1.11. The van der Waals surface area contributed by atoms with Crippen molar-refractivity contribution in [3.05, 3.63) is 37.5 Å². The minimum Gasteiger partial charge on any atom is -0.506 e. The monoisotopic (exact) mass is 624 g/mol. The van der Waals surface area contributed by atoms with Crippen molar-refractivity contribution in [3.63, 3.8) is 0 Å². The number of nitrogens with zero attached hydrogens (tertiary/aromatic N) is 3. The van der Waals surface area contributed by atoms with Gasteiger partial charge in [0, 0.05) is 36.9 Å². The topological polar surface area (TPSA) is 116 Å². The first kappa shape index (κ1) is 32.4. The van der Waals surface area contributed by atoms with Gasteiger partial charge >= 0.3 is 6.09 Å². The summed E-state index contributed by atoms with van der Waals surface area (Å²) in [6.45, 7) is 17.8. The fourth-order valence-electron chi connectivity index (χ4n) is 3.27. The predicted octanol–water partition coefficient (Wildman–Crippen LogP) is 7.83. The number of hydrogen-bond donors (Lipinski definition) is 2. The molecule has 3 aromatic heterocycles. The Morgan fingerprint density at radius 3 is 2.50 bits per heavy atom. The molecular weight excluding hydrogens is 585 g/mol. The van der Waals surface area contributed by atoms with Crippen LogP contribution in [0.4, 0.5) is 4.79 Å². The molecule has 13 heteroatoms. The summed E-state index contributed by atoms with van der Waals surface area (Å²) in [5, 5.41) is 21.3. The van der Waals surface area contributed by atoms with Crippen LogP contribution in [0.1, 0.15) is 62.1 Å². The number of aliphatic hydroxyl groups excluding tert-OH is 1. The maximum Gasteiger partial charge on any atom is 0.408 e. The summed E-state index contributed by atoms with van der Waals surface area (Å²) in [5.41, 5.74) is 1.35. The highest BCUT2D eigenvalue weighted by molar-refractivity contribution is 7.14. The summed E-state index contributed by atoms with van der Waals surface area (Å²) in [4.78, 5) is 26.2. The molecule has 0 aliphatic heterocycles. The van der Waals surface area contributed by atoms with Crippen LogP contribution in [0, 0.1) is 5.92 Å². The van der Waals surface area contributed by atoms with E-state index >= 15 is 0 Å². The van der Waals surface area contributed by atoms with Crippen LogP contribution in [0.15, 0.2) is 16.1 Å². The van der Waals surface area contributed by atoms with E-state index in [0.29, 0.717) is 34.6 Å². The van der Waals surface area contributed by atoms with Gasteiger partial charge in [0.2, 0.25) is 0 Å². The number of amides is 1. The van der Waals surface area contributed by atoms with E-state index in [2.05, 4.69) is 34.9 Å². The van der Waals surface area contributed by atoms with E-state index in [1.807, 2.05) is 45.4 Å². The first-order valence-corrected chi connectivity index (χ1v) is 19.5. The summed E-state index contributed by atoms with van der Waals surface area (Å²) in [6, 6.07) is 0.814. The number of aliphatic hydroxyl groups is 1. The highest BCUT2D eigenvalue weighted by atomic mass is 32.1. The van der Waals surface area contributed by atoms with Gasteiger partial charge in [0.1, 0.15) is 44.6 Å². The molecule has 3 heterocycles. The summed E-state index contributed by atoms with van der Waals surface area (Å²) >= 11 is 4.27. The molecule has 3 aromatic rings. The number of thiazole rings is 3. The van der Waals surface area contributed by atoms with Crippen LogP contribution in [-0.2, 0) is 20.8 Å². The number of carbonyl (C=O) groups excluding carboxylic acids is 1. The first-order valence-electron chi connectivity index (χ1n) is 13.1. The lowest BCUT2D eigenvalue weighted by Gasteiger charge is -2.24. The zero-order valence-corrected chi connectivity index (χ0v) is 27.9. The number of carbonyl (C=O) groups is 1. The highest BCUT2D eigenvalue weighted by Crippen LogP contribution is 2.32. The van der Waals surface area contributed by atoms with E-state index in [-0.39, 0.29) is 24.5 Å². The highest BCUT2D eigenvalue weighted by Gasteiger charge is 2.25. The lowest BCUT2D eigenvalue weighted by Crippen LogP contribution is -2.36. The molecular formula is C27H40N4O5S3Si. The van der Waals surface area contributed by atoms with Gasteiger partial charge in [-0.1, -0.05) is 33.5 Å². The normalized spacial score (nSPS) is 13.6. The van der Waals surface area contributed by atoms with Crippen LogP contribution in [0.5, 0.6) is 0 Å². The van der Waals surface area contributed by atoms with E-state index < -0.39 is 19.8 Å². The van der Waals surface area contributed by atoms with E-state index in [4.69, 9.17) is 19.2 Å². The Morgan fingerprint density at radius 2 is 1.82 bits per heavy atom. The molecule has 3 rings (SSSR count). The molecule has 9 nitrogen and oxygen atoms in total. The van der Waals surface area contributed by atoms with Gasteiger partial charge < -0.3 is 24.6 Å². The Kier molecular flexibility index (Phi) is 11.4. The quantitative estimate of drug-likeness (QED) is 0.0856. The summed E-state index contributed by atoms with van der Waals surface area (Å²) in [6.07, 6.45) is 1.13. The maximum atomic E-state index is 12.4. The Balaban J connectivity index is 1.58. The number of rotatable bonds is 13. The number of hydrogen-bond acceptors (Lipinski definition) is 11. The van der Waals surface area contributed by atoms with Crippen molar-refractivity contribution >= 4 is 60.0 Å². The van der Waals surface area contributed by atoms with Crippen molar-refractivity contribution in [1.82, 2.24) is 20.3 Å². The van der Waals surface area contributed by atoms with Crippen LogP contribution < -0.4 is 5.32 Å². The zero-order valence-electron chi connectivity index (χ0n) is 24.4. The average molecular weight is 625 g/mol. The van der Waals surface area contributed by atoms with Crippen LogP contribution >= 0.6 is 34.0 Å². The predicted molar refractivity (Wildman–Crippen MR) is 167 cm³/mol. The van der Waals surface area contributed by atoms with Crippen LogP contribution in [0.2, 0.25) is 25.7 Å².